The number of ether oxygens (including phenoxy) is 1. The zero-order chi connectivity index (χ0) is 15.5. The van der Waals surface area contributed by atoms with E-state index in [9.17, 15) is 0 Å². The highest BCUT2D eigenvalue weighted by atomic mass is 16.5. The Morgan fingerprint density at radius 1 is 1.14 bits per heavy atom. The van der Waals surface area contributed by atoms with Crippen molar-refractivity contribution in [1.29, 1.82) is 0 Å². The van der Waals surface area contributed by atoms with Gasteiger partial charge in [0, 0.05) is 35.8 Å². The molecule has 3 aromatic rings. The third-order valence-corrected chi connectivity index (χ3v) is 4.08. The van der Waals surface area contributed by atoms with Crippen LogP contribution < -0.4 is 10.5 Å². The molecule has 0 radical (unpaired) electrons. The van der Waals surface area contributed by atoms with Gasteiger partial charge < -0.3 is 15.0 Å². The van der Waals surface area contributed by atoms with E-state index in [0.717, 1.165) is 23.4 Å². The van der Waals surface area contributed by atoms with E-state index in [1.54, 1.807) is 0 Å². The molecule has 3 nitrogen and oxygen atoms in total. The highest BCUT2D eigenvalue weighted by Crippen LogP contribution is 2.25. The van der Waals surface area contributed by atoms with Gasteiger partial charge in [0.25, 0.3) is 0 Å². The number of rotatable bonds is 5. The number of benzene rings is 2. The van der Waals surface area contributed by atoms with Crippen molar-refractivity contribution in [3.63, 3.8) is 0 Å². The number of nitrogens with two attached hydrogens (primary N) is 1. The second kappa shape index (κ2) is 6.24. The van der Waals surface area contributed by atoms with E-state index < -0.39 is 0 Å². The summed E-state index contributed by atoms with van der Waals surface area (Å²) >= 11 is 0. The molecule has 0 spiro atoms. The van der Waals surface area contributed by atoms with E-state index >= 15 is 0 Å². The molecular formula is C19H22N2O. The smallest absolute Gasteiger partial charge is 0.122 e. The largest absolute Gasteiger partial charge is 0.489 e. The first-order valence-corrected chi connectivity index (χ1v) is 7.72. The molecule has 0 fully saturated rings. The van der Waals surface area contributed by atoms with Crippen molar-refractivity contribution in [2.24, 2.45) is 5.73 Å². The molecule has 0 unspecified atom stereocenters. The number of para-hydroxylation sites is 1. The topological polar surface area (TPSA) is 40.2 Å². The van der Waals surface area contributed by atoms with Crippen LogP contribution in [0.1, 0.15) is 23.6 Å². The number of nitrogens with zero attached hydrogens (tertiary/aromatic N) is 1. The van der Waals surface area contributed by atoms with Gasteiger partial charge in [-0.1, -0.05) is 30.3 Å². The van der Waals surface area contributed by atoms with E-state index in [1.807, 2.05) is 18.2 Å². The molecule has 0 saturated heterocycles. The van der Waals surface area contributed by atoms with Gasteiger partial charge in [-0.2, -0.15) is 0 Å². The first-order chi connectivity index (χ1) is 10.7. The maximum atomic E-state index is 6.01. The van der Waals surface area contributed by atoms with Gasteiger partial charge in [-0.3, -0.25) is 0 Å². The Balaban J connectivity index is 1.92. The highest BCUT2D eigenvalue weighted by Gasteiger charge is 2.09. The molecule has 1 heterocycles. The molecule has 114 valence electrons. The fourth-order valence-corrected chi connectivity index (χ4v) is 2.79. The van der Waals surface area contributed by atoms with Crippen molar-refractivity contribution >= 4 is 10.9 Å². The Morgan fingerprint density at radius 3 is 2.68 bits per heavy atom. The van der Waals surface area contributed by atoms with Crippen molar-refractivity contribution in [3.05, 3.63) is 65.4 Å². The van der Waals surface area contributed by atoms with E-state index in [4.69, 9.17) is 10.5 Å². The van der Waals surface area contributed by atoms with Gasteiger partial charge in [0.1, 0.15) is 12.4 Å². The minimum Gasteiger partial charge on any atom is -0.489 e. The summed E-state index contributed by atoms with van der Waals surface area (Å²) in [5, 5.41) is 1.24. The van der Waals surface area contributed by atoms with Gasteiger partial charge in [0.05, 0.1) is 0 Å². The van der Waals surface area contributed by atoms with E-state index in [-0.39, 0.29) is 0 Å². The Labute approximate surface area is 131 Å². The molecule has 2 aromatic carbocycles. The summed E-state index contributed by atoms with van der Waals surface area (Å²) in [4.78, 5) is 0. The number of aryl methyl sites for hydroxylation is 2. The van der Waals surface area contributed by atoms with Crippen molar-refractivity contribution in [2.75, 3.05) is 0 Å². The molecular weight excluding hydrogens is 272 g/mol. The number of aromatic nitrogens is 1. The molecule has 0 amide bonds. The lowest BCUT2D eigenvalue weighted by Crippen LogP contribution is -1.97. The lowest BCUT2D eigenvalue weighted by molar-refractivity contribution is 0.305. The van der Waals surface area contributed by atoms with Gasteiger partial charge in [0.15, 0.2) is 0 Å². The lowest BCUT2D eigenvalue weighted by atomic mass is 10.1. The Hall–Kier alpha value is -2.26. The van der Waals surface area contributed by atoms with Crippen molar-refractivity contribution in [1.82, 2.24) is 4.57 Å². The minimum atomic E-state index is 0.569. The van der Waals surface area contributed by atoms with Gasteiger partial charge in [0.2, 0.25) is 0 Å². The summed E-state index contributed by atoms with van der Waals surface area (Å²) < 4.78 is 8.26. The summed E-state index contributed by atoms with van der Waals surface area (Å²) in [6, 6.07) is 14.5. The Bertz CT molecular complexity index is 789. The maximum Gasteiger partial charge on any atom is 0.122 e. The molecule has 0 atom stereocenters. The van der Waals surface area contributed by atoms with E-state index in [2.05, 4.69) is 48.9 Å². The predicted octanol–water partition coefficient (Wildman–Crippen LogP) is 4.01. The summed E-state index contributed by atoms with van der Waals surface area (Å²) in [5.74, 6) is 0.943. The van der Waals surface area contributed by atoms with E-state index in [0.29, 0.717) is 13.2 Å². The lowest BCUT2D eigenvalue weighted by Gasteiger charge is -2.08. The molecule has 0 aliphatic rings. The van der Waals surface area contributed by atoms with Crippen LogP contribution >= 0.6 is 0 Å². The standard InChI is InChI=1S/C19H22N2O/c1-3-21-12-16(13-22-19-7-5-4-6-14(19)2)17-9-8-15(11-20)10-18(17)21/h4-10,12H,3,11,13,20H2,1-2H3. The zero-order valence-electron chi connectivity index (χ0n) is 13.2. The first-order valence-electron chi connectivity index (χ1n) is 7.72. The average Bonchev–Trinajstić information content (AvgIpc) is 2.91. The second-order valence-corrected chi connectivity index (χ2v) is 5.55. The summed E-state index contributed by atoms with van der Waals surface area (Å²) in [7, 11) is 0. The monoisotopic (exact) mass is 294 g/mol. The maximum absolute atomic E-state index is 6.01. The van der Waals surface area contributed by atoms with Gasteiger partial charge in [-0.25, -0.2) is 0 Å². The van der Waals surface area contributed by atoms with Crippen LogP contribution in [-0.4, -0.2) is 4.57 Å². The van der Waals surface area contributed by atoms with Crippen molar-refractivity contribution in [2.45, 2.75) is 33.5 Å². The molecule has 22 heavy (non-hydrogen) atoms. The minimum absolute atomic E-state index is 0.569. The van der Waals surface area contributed by atoms with Crippen LogP contribution in [0.4, 0.5) is 0 Å². The molecule has 3 heteroatoms. The normalized spacial score (nSPS) is 11.0. The van der Waals surface area contributed by atoms with Crippen LogP contribution in [0.25, 0.3) is 10.9 Å². The van der Waals surface area contributed by atoms with Gasteiger partial charge >= 0.3 is 0 Å². The van der Waals surface area contributed by atoms with Crippen LogP contribution in [0.15, 0.2) is 48.7 Å². The quantitative estimate of drug-likeness (QED) is 0.772. The van der Waals surface area contributed by atoms with Gasteiger partial charge in [-0.05, 0) is 37.1 Å². The molecule has 2 N–H and O–H groups in total. The molecule has 0 aliphatic carbocycles. The summed E-state index contributed by atoms with van der Waals surface area (Å²) in [6.07, 6.45) is 2.18. The Morgan fingerprint density at radius 2 is 1.95 bits per heavy atom. The van der Waals surface area contributed by atoms with Gasteiger partial charge in [-0.15, -0.1) is 0 Å². The van der Waals surface area contributed by atoms with Crippen LogP contribution in [-0.2, 0) is 19.7 Å². The second-order valence-electron chi connectivity index (χ2n) is 5.55. The summed E-state index contributed by atoms with van der Waals surface area (Å²) in [5.41, 5.74) is 10.5. The van der Waals surface area contributed by atoms with Crippen molar-refractivity contribution in [3.8, 4) is 5.75 Å². The zero-order valence-corrected chi connectivity index (χ0v) is 13.2. The molecule has 0 bridgehead atoms. The van der Waals surface area contributed by atoms with E-state index in [1.165, 1.54) is 16.5 Å². The number of hydrogen-bond acceptors (Lipinski definition) is 2. The van der Waals surface area contributed by atoms with Crippen LogP contribution in [0.5, 0.6) is 5.75 Å². The van der Waals surface area contributed by atoms with Crippen molar-refractivity contribution < 1.29 is 4.74 Å². The predicted molar refractivity (Wildman–Crippen MR) is 91.0 cm³/mol. The van der Waals surface area contributed by atoms with Crippen LogP contribution in [0.3, 0.4) is 0 Å². The van der Waals surface area contributed by atoms with Crippen LogP contribution in [0.2, 0.25) is 0 Å². The number of fused-ring (bicyclic) bond motifs is 1. The highest BCUT2D eigenvalue weighted by molar-refractivity contribution is 5.84. The SMILES string of the molecule is CCn1cc(COc2ccccc2C)c2ccc(CN)cc21. The molecule has 0 aliphatic heterocycles. The fourth-order valence-electron chi connectivity index (χ4n) is 2.79. The molecule has 1 aromatic heterocycles. The molecule has 3 rings (SSSR count). The Kier molecular flexibility index (Phi) is 4.16. The van der Waals surface area contributed by atoms with Crippen LogP contribution in [0, 0.1) is 6.92 Å². The average molecular weight is 294 g/mol. The fraction of sp³-hybridized carbons (Fsp3) is 0.263. The molecule has 0 saturated carbocycles. The number of hydrogen-bond donors (Lipinski definition) is 1. The first kappa shape index (κ1) is 14.7. The third-order valence-electron chi connectivity index (χ3n) is 4.08. The third kappa shape index (κ3) is 2.72. The summed E-state index contributed by atoms with van der Waals surface area (Å²) in [6.45, 7) is 6.31.